The fourth-order valence-corrected chi connectivity index (χ4v) is 3.62. The number of hydrogen-bond acceptors (Lipinski definition) is 4. The number of rotatable bonds is 6. The molecule has 1 saturated heterocycles. The number of ether oxygens (including phenoxy) is 1. The van der Waals surface area contributed by atoms with Gasteiger partial charge in [-0.15, -0.1) is 24.0 Å². The van der Waals surface area contributed by atoms with Crippen LogP contribution >= 0.6 is 35.7 Å². The molecule has 1 aliphatic heterocycles. The predicted octanol–water partition coefficient (Wildman–Crippen LogP) is 2.24. The topological polar surface area (TPSA) is 65.9 Å². The number of guanidine groups is 1. The highest BCUT2D eigenvalue weighted by Gasteiger charge is 2.31. The van der Waals surface area contributed by atoms with E-state index < -0.39 is 5.60 Å². The number of aliphatic imine (C=N–C) groups is 1. The van der Waals surface area contributed by atoms with Crippen LogP contribution in [0.15, 0.2) is 29.3 Å². The SMILES string of the molecule is CCNC(=NCc1ccccc1OC)NCC1(O)CCSC1.I. The lowest BCUT2D eigenvalue weighted by molar-refractivity contribution is 0.0724. The minimum atomic E-state index is -0.620. The van der Waals surface area contributed by atoms with Gasteiger partial charge in [-0.1, -0.05) is 18.2 Å². The van der Waals surface area contributed by atoms with Crippen molar-refractivity contribution in [3.05, 3.63) is 29.8 Å². The maximum absolute atomic E-state index is 10.4. The molecule has 0 saturated carbocycles. The third-order valence-electron chi connectivity index (χ3n) is 3.61. The molecule has 1 heterocycles. The smallest absolute Gasteiger partial charge is 0.191 e. The number of nitrogens with zero attached hydrogens (tertiary/aromatic N) is 1. The summed E-state index contributed by atoms with van der Waals surface area (Å²) in [5.41, 5.74) is 0.419. The molecule has 1 aliphatic rings. The van der Waals surface area contributed by atoms with E-state index in [4.69, 9.17) is 4.74 Å². The monoisotopic (exact) mass is 451 g/mol. The first-order valence-electron chi connectivity index (χ1n) is 7.61. The van der Waals surface area contributed by atoms with Crippen LogP contribution in [-0.4, -0.2) is 48.4 Å². The highest BCUT2D eigenvalue weighted by Crippen LogP contribution is 2.26. The number of methoxy groups -OCH3 is 1. The molecular weight excluding hydrogens is 425 g/mol. The van der Waals surface area contributed by atoms with Crippen LogP contribution in [0.2, 0.25) is 0 Å². The Bertz CT molecular complexity index is 508. The Kier molecular flexibility index (Phi) is 9.08. The van der Waals surface area contributed by atoms with Crippen molar-refractivity contribution in [2.75, 3.05) is 31.7 Å². The van der Waals surface area contributed by atoms with E-state index in [9.17, 15) is 5.11 Å². The molecule has 1 aromatic rings. The molecule has 0 bridgehead atoms. The summed E-state index contributed by atoms with van der Waals surface area (Å²) in [5, 5.41) is 16.8. The molecule has 130 valence electrons. The van der Waals surface area contributed by atoms with Crippen molar-refractivity contribution in [1.29, 1.82) is 0 Å². The second kappa shape index (κ2) is 10.2. The molecule has 1 aromatic carbocycles. The van der Waals surface area contributed by atoms with Crippen molar-refractivity contribution < 1.29 is 9.84 Å². The second-order valence-electron chi connectivity index (χ2n) is 5.39. The predicted molar refractivity (Wildman–Crippen MR) is 108 cm³/mol. The fourth-order valence-electron chi connectivity index (χ4n) is 2.32. The third kappa shape index (κ3) is 6.39. The average molecular weight is 451 g/mol. The van der Waals surface area contributed by atoms with Crippen LogP contribution in [0.1, 0.15) is 18.9 Å². The number of para-hydroxylation sites is 1. The van der Waals surface area contributed by atoms with Gasteiger partial charge in [-0.2, -0.15) is 11.8 Å². The van der Waals surface area contributed by atoms with Gasteiger partial charge in [0.05, 0.1) is 19.3 Å². The van der Waals surface area contributed by atoms with E-state index in [0.717, 1.165) is 41.7 Å². The first kappa shape index (κ1) is 20.4. The van der Waals surface area contributed by atoms with E-state index in [0.29, 0.717) is 13.1 Å². The standard InChI is InChI=1S/C16H25N3O2S.HI/c1-3-17-15(19-11-16(20)8-9-22-12-16)18-10-13-6-4-5-7-14(13)21-2;/h4-7,20H,3,8-12H2,1-2H3,(H2,17,18,19);1H. The average Bonchev–Trinajstić information content (AvgIpc) is 2.97. The van der Waals surface area contributed by atoms with Gasteiger partial charge in [-0.05, 0) is 25.2 Å². The fraction of sp³-hybridized carbons (Fsp3) is 0.562. The largest absolute Gasteiger partial charge is 0.496 e. The molecule has 0 aliphatic carbocycles. The van der Waals surface area contributed by atoms with Crippen LogP contribution in [0.25, 0.3) is 0 Å². The van der Waals surface area contributed by atoms with Crippen molar-refractivity contribution >= 4 is 41.7 Å². The normalized spacial score (nSPS) is 20.7. The van der Waals surface area contributed by atoms with Crippen molar-refractivity contribution in [3.8, 4) is 5.75 Å². The van der Waals surface area contributed by atoms with Crippen LogP contribution in [0.5, 0.6) is 5.75 Å². The Hall–Kier alpha value is -0.670. The van der Waals surface area contributed by atoms with E-state index >= 15 is 0 Å². The molecule has 5 nitrogen and oxygen atoms in total. The van der Waals surface area contributed by atoms with Gasteiger partial charge in [0.2, 0.25) is 0 Å². The van der Waals surface area contributed by atoms with Crippen molar-refractivity contribution in [2.45, 2.75) is 25.5 Å². The van der Waals surface area contributed by atoms with Gasteiger partial charge in [-0.25, -0.2) is 4.99 Å². The Morgan fingerprint density at radius 3 is 2.83 bits per heavy atom. The zero-order chi connectivity index (χ0) is 15.8. The summed E-state index contributed by atoms with van der Waals surface area (Å²) in [6, 6.07) is 7.87. The highest BCUT2D eigenvalue weighted by molar-refractivity contribution is 14.0. The minimum Gasteiger partial charge on any atom is -0.496 e. The summed E-state index contributed by atoms with van der Waals surface area (Å²) in [6.07, 6.45) is 0.830. The Morgan fingerprint density at radius 1 is 1.39 bits per heavy atom. The number of aliphatic hydroxyl groups is 1. The Balaban J connectivity index is 0.00000264. The molecular formula is C16H26IN3O2S. The quantitative estimate of drug-likeness (QED) is 0.352. The molecule has 3 N–H and O–H groups in total. The first-order chi connectivity index (χ1) is 10.7. The highest BCUT2D eigenvalue weighted by atomic mass is 127. The first-order valence-corrected chi connectivity index (χ1v) is 8.76. The van der Waals surface area contributed by atoms with Gasteiger partial charge in [0.1, 0.15) is 5.75 Å². The van der Waals surface area contributed by atoms with E-state index in [1.165, 1.54) is 0 Å². The van der Waals surface area contributed by atoms with Crippen molar-refractivity contribution in [1.82, 2.24) is 10.6 Å². The summed E-state index contributed by atoms with van der Waals surface area (Å²) in [7, 11) is 1.67. The summed E-state index contributed by atoms with van der Waals surface area (Å²) < 4.78 is 5.34. The zero-order valence-corrected chi connectivity index (χ0v) is 16.8. The van der Waals surface area contributed by atoms with Gasteiger partial charge >= 0.3 is 0 Å². The van der Waals surface area contributed by atoms with Crippen LogP contribution in [0, 0.1) is 0 Å². The van der Waals surface area contributed by atoms with E-state index in [2.05, 4.69) is 15.6 Å². The number of halogens is 1. The number of thioether (sulfide) groups is 1. The molecule has 1 unspecified atom stereocenters. The molecule has 1 atom stereocenters. The van der Waals surface area contributed by atoms with Gasteiger partial charge < -0.3 is 20.5 Å². The Morgan fingerprint density at radius 2 is 2.17 bits per heavy atom. The summed E-state index contributed by atoms with van der Waals surface area (Å²) in [6.45, 7) is 3.87. The van der Waals surface area contributed by atoms with Gasteiger partial charge in [-0.3, -0.25) is 0 Å². The molecule has 0 aromatic heterocycles. The lowest BCUT2D eigenvalue weighted by Crippen LogP contribution is -2.47. The minimum absolute atomic E-state index is 0. The van der Waals surface area contributed by atoms with Crippen LogP contribution < -0.4 is 15.4 Å². The number of hydrogen-bond donors (Lipinski definition) is 3. The van der Waals surface area contributed by atoms with Crippen LogP contribution in [0.4, 0.5) is 0 Å². The molecule has 23 heavy (non-hydrogen) atoms. The third-order valence-corrected chi connectivity index (χ3v) is 4.85. The van der Waals surface area contributed by atoms with Crippen molar-refractivity contribution in [2.24, 2.45) is 4.99 Å². The maximum Gasteiger partial charge on any atom is 0.191 e. The second-order valence-corrected chi connectivity index (χ2v) is 6.49. The summed E-state index contributed by atoms with van der Waals surface area (Å²) in [5.74, 6) is 3.37. The molecule has 0 radical (unpaired) electrons. The van der Waals surface area contributed by atoms with Gasteiger partial charge in [0.25, 0.3) is 0 Å². The number of nitrogens with one attached hydrogen (secondary N) is 2. The maximum atomic E-state index is 10.4. The van der Waals surface area contributed by atoms with E-state index in [-0.39, 0.29) is 24.0 Å². The number of benzene rings is 1. The van der Waals surface area contributed by atoms with E-state index in [1.54, 1.807) is 18.9 Å². The van der Waals surface area contributed by atoms with Gasteiger partial charge in [0.15, 0.2) is 5.96 Å². The molecule has 1 fully saturated rings. The lowest BCUT2D eigenvalue weighted by atomic mass is 10.0. The van der Waals surface area contributed by atoms with Crippen LogP contribution in [-0.2, 0) is 6.54 Å². The molecule has 2 rings (SSSR count). The zero-order valence-electron chi connectivity index (χ0n) is 13.7. The lowest BCUT2D eigenvalue weighted by Gasteiger charge is -2.23. The van der Waals surface area contributed by atoms with Crippen LogP contribution in [0.3, 0.4) is 0 Å². The van der Waals surface area contributed by atoms with Crippen molar-refractivity contribution in [3.63, 3.8) is 0 Å². The molecule has 0 spiro atoms. The molecule has 7 heteroatoms. The van der Waals surface area contributed by atoms with E-state index in [1.807, 2.05) is 31.2 Å². The van der Waals surface area contributed by atoms with Gasteiger partial charge in [0, 0.05) is 24.4 Å². The molecule has 0 amide bonds. The summed E-state index contributed by atoms with van der Waals surface area (Å²) in [4.78, 5) is 4.58. The summed E-state index contributed by atoms with van der Waals surface area (Å²) >= 11 is 1.79. The Labute approximate surface area is 159 Å².